The number of carbonyl (C=O) groups excluding carboxylic acids is 3. The van der Waals surface area contributed by atoms with Gasteiger partial charge in [0.25, 0.3) is 0 Å². The van der Waals surface area contributed by atoms with Gasteiger partial charge in [-0.25, -0.2) is 5.06 Å². The van der Waals surface area contributed by atoms with Crippen molar-refractivity contribution in [3.8, 4) is 5.75 Å². The highest BCUT2D eigenvalue weighted by Gasteiger charge is 2.42. The Balaban J connectivity index is 1.69. The summed E-state index contributed by atoms with van der Waals surface area (Å²) in [5.74, 6) is -0.557. The zero-order valence-electron chi connectivity index (χ0n) is 14.9. The van der Waals surface area contributed by atoms with Gasteiger partial charge in [-0.1, -0.05) is 25.0 Å². The lowest BCUT2D eigenvalue weighted by Gasteiger charge is -2.29. The molecule has 0 unspecified atom stereocenters. The van der Waals surface area contributed by atoms with E-state index < -0.39 is 17.2 Å². The maximum absolute atomic E-state index is 12.6. The summed E-state index contributed by atoms with van der Waals surface area (Å²) in [4.78, 5) is 35.6. The van der Waals surface area contributed by atoms with Gasteiger partial charge in [0.1, 0.15) is 0 Å². The van der Waals surface area contributed by atoms with Crippen molar-refractivity contribution >= 4 is 29.2 Å². The summed E-state index contributed by atoms with van der Waals surface area (Å²) < 4.78 is 10.7. The number of nitrogens with zero attached hydrogens (tertiary/aromatic N) is 1. The van der Waals surface area contributed by atoms with Crippen molar-refractivity contribution in [2.75, 3.05) is 13.7 Å². The van der Waals surface area contributed by atoms with Crippen molar-refractivity contribution in [3.05, 3.63) is 30.0 Å². The van der Waals surface area contributed by atoms with Crippen LogP contribution in [0.25, 0.3) is 11.0 Å². The van der Waals surface area contributed by atoms with Crippen LogP contribution in [0.2, 0.25) is 0 Å². The molecule has 1 aromatic carbocycles. The van der Waals surface area contributed by atoms with Crippen molar-refractivity contribution in [2.45, 2.75) is 25.7 Å². The largest absolute Gasteiger partial charge is 0.493 e. The average Bonchev–Trinajstić information content (AvgIpc) is 3.33. The van der Waals surface area contributed by atoms with Crippen LogP contribution >= 0.6 is 0 Å². The summed E-state index contributed by atoms with van der Waals surface area (Å²) in [7, 11) is 1.50. The number of rotatable bonds is 6. The van der Waals surface area contributed by atoms with Gasteiger partial charge >= 0.3 is 5.91 Å². The summed E-state index contributed by atoms with van der Waals surface area (Å²) in [6.07, 6.45) is 2.89. The molecule has 0 spiro atoms. The molecular weight excluding hydrogens is 354 g/mol. The van der Waals surface area contributed by atoms with Gasteiger partial charge in [0.15, 0.2) is 17.1 Å². The average molecular weight is 375 g/mol. The van der Waals surface area contributed by atoms with E-state index in [2.05, 4.69) is 10.9 Å². The number of amides is 3. The van der Waals surface area contributed by atoms with E-state index in [1.165, 1.54) is 7.11 Å². The zero-order valence-corrected chi connectivity index (χ0v) is 14.9. The highest BCUT2D eigenvalue weighted by Crippen LogP contribution is 2.38. The first kappa shape index (κ1) is 18.7. The Kier molecular flexibility index (Phi) is 5.31. The minimum absolute atomic E-state index is 0.0203. The number of ether oxygens (including phenoxy) is 1. The highest BCUT2D eigenvalue weighted by molar-refractivity contribution is 5.98. The summed E-state index contributed by atoms with van der Waals surface area (Å²) in [6.45, 7) is -0.125. The molecule has 1 aliphatic carbocycles. The summed E-state index contributed by atoms with van der Waals surface area (Å²) in [5.41, 5.74) is 4.22. The van der Waals surface area contributed by atoms with E-state index in [1.807, 2.05) is 0 Å². The van der Waals surface area contributed by atoms with Crippen LogP contribution in [0.1, 0.15) is 36.2 Å². The first-order valence-electron chi connectivity index (χ1n) is 8.57. The third kappa shape index (κ3) is 3.72. The Hall–Kier alpha value is -3.07. The summed E-state index contributed by atoms with van der Waals surface area (Å²) in [5, 5.41) is 10.6. The number of hydrogen-bond donors (Lipinski definition) is 3. The number of furan rings is 1. The van der Waals surface area contributed by atoms with E-state index in [0.717, 1.165) is 12.8 Å². The van der Waals surface area contributed by atoms with Crippen molar-refractivity contribution in [3.63, 3.8) is 0 Å². The Labute approximate surface area is 155 Å². The van der Waals surface area contributed by atoms with Gasteiger partial charge in [-0.15, -0.1) is 0 Å². The van der Waals surface area contributed by atoms with Gasteiger partial charge in [-0.3, -0.25) is 30.4 Å². The Morgan fingerprint density at radius 2 is 2.07 bits per heavy atom. The fourth-order valence-electron chi connectivity index (χ4n) is 3.47. The van der Waals surface area contributed by atoms with E-state index in [-0.39, 0.29) is 18.7 Å². The molecular formula is C18H21N3O6. The number of benzene rings is 1. The fourth-order valence-corrected chi connectivity index (χ4v) is 3.47. The topological polar surface area (TPSA) is 121 Å². The molecule has 0 saturated heterocycles. The molecule has 1 aromatic heterocycles. The van der Waals surface area contributed by atoms with Crippen LogP contribution in [-0.4, -0.2) is 42.1 Å². The van der Waals surface area contributed by atoms with Gasteiger partial charge in [0.05, 0.1) is 19.1 Å². The van der Waals surface area contributed by atoms with Crippen LogP contribution in [0, 0.1) is 5.41 Å². The van der Waals surface area contributed by atoms with Crippen molar-refractivity contribution in [2.24, 2.45) is 5.41 Å². The van der Waals surface area contributed by atoms with E-state index >= 15 is 0 Å². The number of para-hydroxylation sites is 1. The van der Waals surface area contributed by atoms with Gasteiger partial charge < -0.3 is 9.15 Å². The van der Waals surface area contributed by atoms with Crippen LogP contribution in [0.5, 0.6) is 5.75 Å². The molecule has 0 radical (unpaired) electrons. The lowest BCUT2D eigenvalue weighted by Crippen LogP contribution is -2.52. The van der Waals surface area contributed by atoms with Crippen LogP contribution in [-0.2, 0) is 9.59 Å². The van der Waals surface area contributed by atoms with Crippen LogP contribution < -0.4 is 15.6 Å². The predicted octanol–water partition coefficient (Wildman–Crippen LogP) is 1.61. The molecule has 3 N–H and O–H groups in total. The molecule has 9 heteroatoms. The minimum Gasteiger partial charge on any atom is -0.493 e. The van der Waals surface area contributed by atoms with Gasteiger partial charge in [-0.2, -0.15) is 0 Å². The van der Waals surface area contributed by atoms with E-state index in [9.17, 15) is 19.6 Å². The molecule has 3 amide bonds. The SMILES string of the molecule is COc1cccc2cc(C(=O)NNC(=O)C3(CN(O)C=O)CCCC3)oc12. The molecule has 0 atom stereocenters. The van der Waals surface area contributed by atoms with E-state index in [4.69, 9.17) is 9.15 Å². The first-order chi connectivity index (χ1) is 13.0. The van der Waals surface area contributed by atoms with E-state index in [0.29, 0.717) is 34.6 Å². The smallest absolute Gasteiger partial charge is 0.305 e. The summed E-state index contributed by atoms with van der Waals surface area (Å²) in [6, 6.07) is 6.82. The van der Waals surface area contributed by atoms with Crippen LogP contribution in [0.3, 0.4) is 0 Å². The maximum atomic E-state index is 12.6. The van der Waals surface area contributed by atoms with E-state index in [1.54, 1.807) is 24.3 Å². The molecule has 144 valence electrons. The van der Waals surface area contributed by atoms with Gasteiger partial charge in [0, 0.05) is 5.39 Å². The summed E-state index contributed by atoms with van der Waals surface area (Å²) >= 11 is 0. The minimum atomic E-state index is -0.931. The quantitative estimate of drug-likeness (QED) is 0.401. The normalized spacial score (nSPS) is 15.3. The molecule has 1 saturated carbocycles. The van der Waals surface area contributed by atoms with Crippen molar-refractivity contribution in [1.82, 2.24) is 15.9 Å². The molecule has 9 nitrogen and oxygen atoms in total. The number of nitrogens with one attached hydrogen (secondary N) is 2. The number of hydrogen-bond acceptors (Lipinski definition) is 6. The molecule has 2 aromatic rings. The zero-order chi connectivity index (χ0) is 19.4. The molecule has 1 aliphatic rings. The number of fused-ring (bicyclic) bond motifs is 1. The third-order valence-electron chi connectivity index (χ3n) is 4.87. The third-order valence-corrected chi connectivity index (χ3v) is 4.87. The molecule has 1 fully saturated rings. The number of methoxy groups -OCH3 is 1. The fraction of sp³-hybridized carbons (Fsp3) is 0.389. The highest BCUT2D eigenvalue weighted by atomic mass is 16.5. The van der Waals surface area contributed by atoms with Gasteiger partial charge in [0.2, 0.25) is 12.3 Å². The van der Waals surface area contributed by atoms with Crippen LogP contribution in [0.15, 0.2) is 28.7 Å². The maximum Gasteiger partial charge on any atom is 0.305 e. The van der Waals surface area contributed by atoms with Crippen LogP contribution in [0.4, 0.5) is 0 Å². The second-order valence-corrected chi connectivity index (χ2v) is 6.59. The molecule has 0 bridgehead atoms. The predicted molar refractivity (Wildman–Crippen MR) is 93.8 cm³/mol. The molecule has 0 aliphatic heterocycles. The van der Waals surface area contributed by atoms with Crippen molar-refractivity contribution in [1.29, 1.82) is 0 Å². The number of hydrazine groups is 1. The lowest BCUT2D eigenvalue weighted by molar-refractivity contribution is -0.160. The second-order valence-electron chi connectivity index (χ2n) is 6.59. The van der Waals surface area contributed by atoms with Gasteiger partial charge in [-0.05, 0) is 25.0 Å². The monoisotopic (exact) mass is 375 g/mol. The van der Waals surface area contributed by atoms with Crippen molar-refractivity contribution < 1.29 is 28.7 Å². The lowest BCUT2D eigenvalue weighted by atomic mass is 9.85. The Morgan fingerprint density at radius 3 is 2.74 bits per heavy atom. The first-order valence-corrected chi connectivity index (χ1v) is 8.57. The number of hydroxylamine groups is 2. The standard InChI is InChI=1S/C18H21N3O6/c1-26-13-6-4-5-12-9-14(27-15(12)13)16(23)19-20-17(24)18(7-2-3-8-18)10-21(25)11-22/h4-6,9,11,25H,2-3,7-8,10H2,1H3,(H,19,23)(H,20,24). The second kappa shape index (κ2) is 7.67. The Morgan fingerprint density at radius 1 is 1.33 bits per heavy atom. The molecule has 3 rings (SSSR count). The molecule has 1 heterocycles. The Bertz CT molecular complexity index is 856. The number of carbonyl (C=O) groups is 3. The molecule has 27 heavy (non-hydrogen) atoms.